The number of carbonyl (C=O) groups is 1. The van der Waals surface area contributed by atoms with Crippen molar-refractivity contribution in [2.75, 3.05) is 0 Å². The van der Waals surface area contributed by atoms with E-state index in [0.717, 1.165) is 5.56 Å². The largest absolute Gasteiger partial charge is 0.484 e. The van der Waals surface area contributed by atoms with E-state index in [1.807, 2.05) is 6.92 Å². The average Bonchev–Trinajstić information content (AvgIpc) is 2.41. The van der Waals surface area contributed by atoms with Gasteiger partial charge in [0.2, 0.25) is 0 Å². The Morgan fingerprint density at radius 1 is 1.21 bits per heavy atom. The number of ketones is 1. The van der Waals surface area contributed by atoms with Crippen LogP contribution in [0.1, 0.15) is 34.0 Å². The van der Waals surface area contributed by atoms with Crippen molar-refractivity contribution in [2.45, 2.75) is 19.4 Å². The summed E-state index contributed by atoms with van der Waals surface area (Å²) in [6.45, 7) is 1.89. The standard InChI is InChI=1S/C16H13FO2/c1-10-6-7-13(17)12(8-10)16-9-14(18)11-4-2-3-5-15(11)19-16/h2-8,16H,9H2,1H3. The molecule has 1 heterocycles. The van der Waals surface area contributed by atoms with Crippen molar-refractivity contribution in [1.29, 1.82) is 0 Å². The maximum atomic E-state index is 13.9. The molecule has 1 aliphatic rings. The highest BCUT2D eigenvalue weighted by Crippen LogP contribution is 2.35. The van der Waals surface area contributed by atoms with Crippen molar-refractivity contribution in [3.63, 3.8) is 0 Å². The molecule has 0 N–H and O–H groups in total. The molecule has 0 radical (unpaired) electrons. The Hall–Kier alpha value is -2.16. The number of hydrogen-bond acceptors (Lipinski definition) is 2. The lowest BCUT2D eigenvalue weighted by atomic mass is 9.95. The molecule has 3 heteroatoms. The topological polar surface area (TPSA) is 26.3 Å². The van der Waals surface area contributed by atoms with Gasteiger partial charge < -0.3 is 4.74 Å². The first-order chi connectivity index (χ1) is 9.15. The van der Waals surface area contributed by atoms with E-state index in [4.69, 9.17) is 4.74 Å². The average molecular weight is 256 g/mol. The molecule has 0 saturated heterocycles. The van der Waals surface area contributed by atoms with Crippen LogP contribution < -0.4 is 4.74 Å². The van der Waals surface area contributed by atoms with E-state index in [-0.39, 0.29) is 18.0 Å². The summed E-state index contributed by atoms with van der Waals surface area (Å²) in [5.74, 6) is 0.195. The molecular weight excluding hydrogens is 243 g/mol. The van der Waals surface area contributed by atoms with Gasteiger partial charge in [0.25, 0.3) is 0 Å². The first kappa shape index (κ1) is 11.9. The molecule has 0 amide bonds. The number of halogens is 1. The SMILES string of the molecule is Cc1ccc(F)c(C2CC(=O)c3ccccc3O2)c1. The Morgan fingerprint density at radius 3 is 2.84 bits per heavy atom. The smallest absolute Gasteiger partial charge is 0.170 e. The molecule has 0 fully saturated rings. The summed E-state index contributed by atoms with van der Waals surface area (Å²) in [7, 11) is 0. The van der Waals surface area contributed by atoms with Crippen LogP contribution in [0.3, 0.4) is 0 Å². The summed E-state index contributed by atoms with van der Waals surface area (Å²) in [5, 5.41) is 0. The number of benzene rings is 2. The predicted molar refractivity (Wildman–Crippen MR) is 69.9 cm³/mol. The molecule has 1 aliphatic heterocycles. The number of carbonyl (C=O) groups excluding carboxylic acids is 1. The molecule has 2 aromatic rings. The third-order valence-corrected chi connectivity index (χ3v) is 3.33. The third-order valence-electron chi connectivity index (χ3n) is 3.33. The maximum Gasteiger partial charge on any atom is 0.170 e. The molecule has 2 aromatic carbocycles. The van der Waals surface area contributed by atoms with Gasteiger partial charge in [0.1, 0.15) is 17.7 Å². The minimum absolute atomic E-state index is 0.00671. The summed E-state index contributed by atoms with van der Waals surface area (Å²) < 4.78 is 19.6. The van der Waals surface area contributed by atoms with E-state index >= 15 is 0 Å². The molecule has 3 rings (SSSR count). The number of ether oxygens (including phenoxy) is 1. The van der Waals surface area contributed by atoms with Crippen LogP contribution in [-0.2, 0) is 0 Å². The van der Waals surface area contributed by atoms with Gasteiger partial charge in [-0.1, -0.05) is 23.8 Å². The van der Waals surface area contributed by atoms with Crippen molar-refractivity contribution < 1.29 is 13.9 Å². The van der Waals surface area contributed by atoms with E-state index in [9.17, 15) is 9.18 Å². The second kappa shape index (κ2) is 4.50. The number of Topliss-reactive ketones (excluding diaryl/α,β-unsaturated/α-hetero) is 1. The Kier molecular flexibility index (Phi) is 2.82. The van der Waals surface area contributed by atoms with E-state index < -0.39 is 6.10 Å². The van der Waals surface area contributed by atoms with Gasteiger partial charge in [-0.05, 0) is 31.2 Å². The number of para-hydroxylation sites is 1. The monoisotopic (exact) mass is 256 g/mol. The molecular formula is C16H13FO2. The van der Waals surface area contributed by atoms with Gasteiger partial charge in [0, 0.05) is 5.56 Å². The number of rotatable bonds is 1. The van der Waals surface area contributed by atoms with Gasteiger partial charge in [-0.15, -0.1) is 0 Å². The number of aryl methyl sites for hydroxylation is 1. The Morgan fingerprint density at radius 2 is 2.00 bits per heavy atom. The molecule has 19 heavy (non-hydrogen) atoms. The summed E-state index contributed by atoms with van der Waals surface area (Å²) in [5.41, 5.74) is 1.97. The molecule has 0 aliphatic carbocycles. The summed E-state index contributed by atoms with van der Waals surface area (Å²) in [6.07, 6.45) is -0.362. The normalized spacial score (nSPS) is 17.8. The molecule has 0 aromatic heterocycles. The van der Waals surface area contributed by atoms with Crippen LogP contribution in [-0.4, -0.2) is 5.78 Å². The van der Waals surface area contributed by atoms with Crippen molar-refractivity contribution in [3.05, 3.63) is 65.0 Å². The molecule has 0 saturated carbocycles. The summed E-state index contributed by atoms with van der Waals surface area (Å²) in [4.78, 5) is 12.1. The number of hydrogen-bond donors (Lipinski definition) is 0. The van der Waals surface area contributed by atoms with Gasteiger partial charge in [-0.2, -0.15) is 0 Å². The quantitative estimate of drug-likeness (QED) is 0.774. The fraction of sp³-hybridized carbons (Fsp3) is 0.188. The van der Waals surface area contributed by atoms with E-state index in [2.05, 4.69) is 0 Å². The van der Waals surface area contributed by atoms with E-state index in [1.165, 1.54) is 6.07 Å². The van der Waals surface area contributed by atoms with Crippen LogP contribution in [0.4, 0.5) is 4.39 Å². The second-order valence-electron chi connectivity index (χ2n) is 4.75. The highest BCUT2D eigenvalue weighted by Gasteiger charge is 2.28. The first-order valence-corrected chi connectivity index (χ1v) is 6.20. The predicted octanol–water partition coefficient (Wildman–Crippen LogP) is 3.84. The zero-order valence-electron chi connectivity index (χ0n) is 10.5. The van der Waals surface area contributed by atoms with Crippen LogP contribution in [0, 0.1) is 12.7 Å². The minimum Gasteiger partial charge on any atom is -0.484 e. The van der Waals surface area contributed by atoms with Crippen LogP contribution in [0.5, 0.6) is 5.75 Å². The Balaban J connectivity index is 2.01. The highest BCUT2D eigenvalue weighted by molar-refractivity contribution is 5.99. The molecule has 96 valence electrons. The van der Waals surface area contributed by atoms with Gasteiger partial charge in [-0.3, -0.25) is 4.79 Å². The van der Waals surface area contributed by atoms with Crippen molar-refractivity contribution >= 4 is 5.78 Å². The van der Waals surface area contributed by atoms with Crippen molar-refractivity contribution in [1.82, 2.24) is 0 Å². The van der Waals surface area contributed by atoms with Gasteiger partial charge in [0.05, 0.1) is 12.0 Å². The molecule has 1 atom stereocenters. The minimum atomic E-state index is -0.540. The van der Waals surface area contributed by atoms with Crippen molar-refractivity contribution in [2.24, 2.45) is 0 Å². The van der Waals surface area contributed by atoms with Crippen LogP contribution in [0.15, 0.2) is 42.5 Å². The Labute approximate surface area is 110 Å². The van der Waals surface area contributed by atoms with Crippen LogP contribution >= 0.6 is 0 Å². The maximum absolute atomic E-state index is 13.9. The fourth-order valence-electron chi connectivity index (χ4n) is 2.36. The van der Waals surface area contributed by atoms with Gasteiger partial charge in [-0.25, -0.2) is 4.39 Å². The molecule has 1 unspecified atom stereocenters. The lowest BCUT2D eigenvalue weighted by Gasteiger charge is -2.25. The first-order valence-electron chi connectivity index (χ1n) is 6.20. The zero-order valence-corrected chi connectivity index (χ0v) is 10.5. The van der Waals surface area contributed by atoms with E-state index in [0.29, 0.717) is 16.9 Å². The summed E-state index contributed by atoms with van der Waals surface area (Å²) in [6, 6.07) is 11.9. The highest BCUT2D eigenvalue weighted by atomic mass is 19.1. The number of fused-ring (bicyclic) bond motifs is 1. The van der Waals surface area contributed by atoms with Crippen molar-refractivity contribution in [3.8, 4) is 5.75 Å². The van der Waals surface area contributed by atoms with Gasteiger partial charge in [0.15, 0.2) is 5.78 Å². The molecule has 2 nitrogen and oxygen atoms in total. The van der Waals surface area contributed by atoms with Gasteiger partial charge >= 0.3 is 0 Å². The molecule has 0 bridgehead atoms. The molecule has 0 spiro atoms. The second-order valence-corrected chi connectivity index (χ2v) is 4.75. The summed E-state index contributed by atoms with van der Waals surface area (Å²) >= 11 is 0. The zero-order chi connectivity index (χ0) is 13.4. The van der Waals surface area contributed by atoms with Crippen LogP contribution in [0.2, 0.25) is 0 Å². The lowest BCUT2D eigenvalue weighted by Crippen LogP contribution is -2.21. The van der Waals surface area contributed by atoms with E-state index in [1.54, 1.807) is 36.4 Å². The Bertz CT molecular complexity index is 649. The fourth-order valence-corrected chi connectivity index (χ4v) is 2.36. The van der Waals surface area contributed by atoms with Crippen LogP contribution in [0.25, 0.3) is 0 Å². The lowest BCUT2D eigenvalue weighted by molar-refractivity contribution is 0.0846. The third kappa shape index (κ3) is 2.12.